The van der Waals surface area contributed by atoms with Crippen LogP contribution in [0.15, 0.2) is 18.2 Å². The van der Waals surface area contributed by atoms with E-state index in [-0.39, 0.29) is 43.3 Å². The van der Waals surface area contributed by atoms with Crippen molar-refractivity contribution in [3.8, 4) is 5.75 Å². The third-order valence-corrected chi connectivity index (χ3v) is 6.42. The van der Waals surface area contributed by atoms with E-state index >= 15 is 0 Å². The van der Waals surface area contributed by atoms with Crippen LogP contribution in [0.25, 0.3) is 0 Å². The number of halogens is 1. The van der Waals surface area contributed by atoms with Crippen molar-refractivity contribution in [2.45, 2.75) is 64.8 Å². The maximum absolute atomic E-state index is 12.2. The Kier molecular flexibility index (Phi) is 11.4. The molecular weight excluding hydrogens is 460 g/mol. The third-order valence-electron chi connectivity index (χ3n) is 6.42. The number of anilines is 1. The maximum Gasteiger partial charge on any atom is 0.408 e. The Labute approximate surface area is 208 Å². The second kappa shape index (κ2) is 13.7. The van der Waals surface area contributed by atoms with Gasteiger partial charge in [-0.25, -0.2) is 4.79 Å². The van der Waals surface area contributed by atoms with Gasteiger partial charge in [0.2, 0.25) is 5.91 Å². The molecule has 3 rings (SSSR count). The van der Waals surface area contributed by atoms with Crippen LogP contribution >= 0.6 is 12.4 Å². The lowest BCUT2D eigenvalue weighted by molar-refractivity contribution is -0.116. The number of carbonyl (C=O) groups is 2. The lowest BCUT2D eigenvalue weighted by atomic mass is 10.0. The fraction of sp³-hybridized carbons (Fsp3) is 0.667. The molecule has 2 atom stereocenters. The Morgan fingerprint density at radius 2 is 1.97 bits per heavy atom. The van der Waals surface area contributed by atoms with Crippen molar-refractivity contribution < 1.29 is 24.2 Å². The summed E-state index contributed by atoms with van der Waals surface area (Å²) in [6.07, 6.45) is 1.47. The summed E-state index contributed by atoms with van der Waals surface area (Å²) < 4.78 is 11.4. The molecule has 0 saturated carbocycles. The van der Waals surface area contributed by atoms with Gasteiger partial charge in [0.1, 0.15) is 18.5 Å². The van der Waals surface area contributed by atoms with E-state index in [1.807, 2.05) is 39.0 Å². The molecule has 0 spiro atoms. The summed E-state index contributed by atoms with van der Waals surface area (Å²) in [5, 5.41) is 16.3. The summed E-state index contributed by atoms with van der Waals surface area (Å²) in [4.78, 5) is 28.0. The van der Waals surface area contributed by atoms with Crippen molar-refractivity contribution in [3.63, 3.8) is 0 Å². The molecule has 1 aromatic rings. The summed E-state index contributed by atoms with van der Waals surface area (Å²) in [5.41, 5.74) is 1.77. The molecule has 2 aliphatic heterocycles. The zero-order valence-corrected chi connectivity index (χ0v) is 21.2. The molecule has 2 aliphatic rings. The Balaban J connectivity index is 0.00000408. The first-order valence-corrected chi connectivity index (χ1v) is 12.1. The van der Waals surface area contributed by atoms with E-state index in [9.17, 15) is 14.7 Å². The second-order valence-electron chi connectivity index (χ2n) is 8.74. The molecule has 0 aliphatic carbocycles. The summed E-state index contributed by atoms with van der Waals surface area (Å²) in [7, 11) is 0. The highest BCUT2D eigenvalue weighted by atomic mass is 35.5. The normalized spacial score (nSPS) is 18.3. The molecule has 3 N–H and O–H groups in total. The maximum atomic E-state index is 12.2. The van der Waals surface area contributed by atoms with Crippen molar-refractivity contribution in [2.75, 3.05) is 44.6 Å². The van der Waals surface area contributed by atoms with Crippen LogP contribution in [0, 0.1) is 0 Å². The van der Waals surface area contributed by atoms with E-state index in [1.54, 1.807) is 0 Å². The molecule has 1 fully saturated rings. The average molecular weight is 499 g/mol. The monoisotopic (exact) mass is 498 g/mol. The van der Waals surface area contributed by atoms with E-state index < -0.39 is 6.10 Å². The van der Waals surface area contributed by atoms with Gasteiger partial charge in [-0.2, -0.15) is 0 Å². The van der Waals surface area contributed by atoms with Gasteiger partial charge < -0.3 is 30.1 Å². The van der Waals surface area contributed by atoms with Gasteiger partial charge in [-0.15, -0.1) is 12.4 Å². The van der Waals surface area contributed by atoms with E-state index in [1.165, 1.54) is 0 Å². The number of fused-ring (bicyclic) bond motifs is 1. The van der Waals surface area contributed by atoms with Gasteiger partial charge in [0.25, 0.3) is 0 Å². The fourth-order valence-corrected chi connectivity index (χ4v) is 4.49. The average Bonchev–Trinajstić information content (AvgIpc) is 2.79. The lowest BCUT2D eigenvalue weighted by Gasteiger charge is -2.34. The number of rotatable bonds is 10. The fourth-order valence-electron chi connectivity index (χ4n) is 4.49. The Bertz CT molecular complexity index is 800. The van der Waals surface area contributed by atoms with Gasteiger partial charge in [-0.3, -0.25) is 9.69 Å². The van der Waals surface area contributed by atoms with E-state index in [4.69, 9.17) is 9.47 Å². The molecular formula is C24H39ClN4O5. The van der Waals surface area contributed by atoms with Gasteiger partial charge >= 0.3 is 6.09 Å². The van der Waals surface area contributed by atoms with Gasteiger partial charge in [0.05, 0.1) is 0 Å². The van der Waals surface area contributed by atoms with E-state index in [0.717, 1.165) is 50.3 Å². The summed E-state index contributed by atoms with van der Waals surface area (Å²) in [6.45, 7) is 9.94. The first kappa shape index (κ1) is 28.2. The SMILES string of the molecule is CCN(CC)C(C)OC(=O)NC1CCN(CC(O)COc2cccc3c2CCC(=O)N3)CC1.Cl. The van der Waals surface area contributed by atoms with Gasteiger partial charge in [-0.05, 0) is 51.4 Å². The van der Waals surface area contributed by atoms with Crippen molar-refractivity contribution in [1.29, 1.82) is 0 Å². The Morgan fingerprint density at radius 1 is 1.26 bits per heavy atom. The minimum atomic E-state index is -0.622. The minimum Gasteiger partial charge on any atom is -0.490 e. The number of aliphatic hydroxyl groups is 1. The number of nitrogens with one attached hydrogen (secondary N) is 2. The number of amides is 2. The number of nitrogens with zero attached hydrogens (tertiary/aromatic N) is 2. The predicted molar refractivity (Wildman–Crippen MR) is 134 cm³/mol. The van der Waals surface area contributed by atoms with Crippen LogP contribution in [-0.2, 0) is 16.0 Å². The third kappa shape index (κ3) is 8.01. The molecule has 1 saturated heterocycles. The number of β-amino-alcohol motifs (C(OH)–C–C–N with tert-alkyl or cyclic N) is 1. The summed E-state index contributed by atoms with van der Waals surface area (Å²) >= 11 is 0. The topological polar surface area (TPSA) is 103 Å². The number of alkyl carbamates (subject to hydrolysis) is 1. The van der Waals surface area contributed by atoms with Crippen molar-refractivity contribution >= 4 is 30.1 Å². The second-order valence-corrected chi connectivity index (χ2v) is 8.74. The van der Waals surface area contributed by atoms with Crippen LogP contribution in [0.5, 0.6) is 5.75 Å². The molecule has 2 unspecified atom stereocenters. The first-order chi connectivity index (χ1) is 15.9. The summed E-state index contributed by atoms with van der Waals surface area (Å²) in [6, 6.07) is 5.67. The molecule has 0 bridgehead atoms. The number of piperidine rings is 1. The largest absolute Gasteiger partial charge is 0.490 e. The van der Waals surface area contributed by atoms with Crippen LogP contribution < -0.4 is 15.4 Å². The number of carbonyl (C=O) groups excluding carboxylic acids is 2. The van der Waals surface area contributed by atoms with Gasteiger partial charge in [0, 0.05) is 43.3 Å². The van der Waals surface area contributed by atoms with Crippen LogP contribution in [0.2, 0.25) is 0 Å². The van der Waals surface area contributed by atoms with Crippen molar-refractivity contribution in [2.24, 2.45) is 0 Å². The zero-order valence-electron chi connectivity index (χ0n) is 20.4. The number of hydrogen-bond acceptors (Lipinski definition) is 7. The Morgan fingerprint density at radius 3 is 2.65 bits per heavy atom. The van der Waals surface area contributed by atoms with Crippen molar-refractivity contribution in [3.05, 3.63) is 23.8 Å². The first-order valence-electron chi connectivity index (χ1n) is 12.1. The zero-order chi connectivity index (χ0) is 23.8. The van der Waals surface area contributed by atoms with Gasteiger partial charge in [-0.1, -0.05) is 19.9 Å². The molecule has 1 aromatic carbocycles. The van der Waals surface area contributed by atoms with E-state index in [2.05, 4.69) is 20.4 Å². The highest BCUT2D eigenvalue weighted by Gasteiger charge is 2.25. The summed E-state index contributed by atoms with van der Waals surface area (Å²) in [5.74, 6) is 0.733. The molecule has 2 amide bonds. The highest BCUT2D eigenvalue weighted by Crippen LogP contribution is 2.31. The smallest absolute Gasteiger partial charge is 0.408 e. The number of benzene rings is 1. The Hall–Kier alpha value is -2.07. The number of aliphatic hydroxyl groups excluding tert-OH is 1. The molecule has 10 heteroatoms. The quantitative estimate of drug-likeness (QED) is 0.426. The standard InChI is InChI=1S/C24H38N4O5.ClH/c1-4-28(5-2)17(3)33-24(31)25-18-11-13-27(14-12-18)15-19(29)16-32-22-8-6-7-21-20(22)9-10-23(30)26-21;/h6-8,17-19,29H,4-5,9-16H2,1-3H3,(H,25,31)(H,26,30);1H. The predicted octanol–water partition coefficient (Wildman–Crippen LogP) is 2.61. The van der Waals surface area contributed by atoms with Gasteiger partial charge in [0.15, 0.2) is 6.23 Å². The van der Waals surface area contributed by atoms with Crippen LogP contribution in [-0.4, -0.2) is 84.6 Å². The minimum absolute atomic E-state index is 0. The molecule has 2 heterocycles. The van der Waals surface area contributed by atoms with Crippen LogP contribution in [0.3, 0.4) is 0 Å². The molecule has 0 radical (unpaired) electrons. The highest BCUT2D eigenvalue weighted by molar-refractivity contribution is 5.94. The molecule has 192 valence electrons. The van der Waals surface area contributed by atoms with Crippen molar-refractivity contribution in [1.82, 2.24) is 15.1 Å². The number of likely N-dealkylation sites (tertiary alicyclic amines) is 1. The number of ether oxygens (including phenoxy) is 2. The molecule has 34 heavy (non-hydrogen) atoms. The van der Waals surface area contributed by atoms with Crippen LogP contribution in [0.1, 0.15) is 45.6 Å². The number of hydrogen-bond donors (Lipinski definition) is 3. The molecule has 0 aromatic heterocycles. The van der Waals surface area contributed by atoms with E-state index in [0.29, 0.717) is 25.1 Å². The van der Waals surface area contributed by atoms with Crippen LogP contribution in [0.4, 0.5) is 10.5 Å². The lowest BCUT2D eigenvalue weighted by Crippen LogP contribution is -2.48. The molecule has 9 nitrogen and oxygen atoms in total.